The number of carbonyl (C=O) groups is 3. The quantitative estimate of drug-likeness (QED) is 0.397. The third-order valence-corrected chi connectivity index (χ3v) is 9.21. The Labute approximate surface area is 250 Å². The number of aromatic nitrogens is 1. The summed E-state index contributed by atoms with van der Waals surface area (Å²) in [5.41, 5.74) is 2.24. The van der Waals surface area contributed by atoms with Gasteiger partial charge in [0.1, 0.15) is 30.0 Å². The van der Waals surface area contributed by atoms with E-state index in [1.807, 2.05) is 23.1 Å². The summed E-state index contributed by atoms with van der Waals surface area (Å²) in [6.45, 7) is 1.59. The zero-order chi connectivity index (χ0) is 30.1. The van der Waals surface area contributed by atoms with Crippen molar-refractivity contribution in [1.29, 1.82) is 5.26 Å². The second kappa shape index (κ2) is 12.0. The van der Waals surface area contributed by atoms with Gasteiger partial charge in [0.15, 0.2) is 0 Å². The van der Waals surface area contributed by atoms with Gasteiger partial charge in [-0.15, -0.1) is 11.8 Å². The minimum absolute atomic E-state index is 0.0838. The number of hydrogen-bond acceptors (Lipinski definition) is 8. The highest BCUT2D eigenvalue weighted by atomic mass is 32.2. The Kier molecular flexibility index (Phi) is 7.99. The molecule has 43 heavy (non-hydrogen) atoms. The average Bonchev–Trinajstić information content (AvgIpc) is 3.32. The number of fused-ring (bicyclic) bond motifs is 1. The number of anilines is 1. The van der Waals surface area contributed by atoms with Crippen molar-refractivity contribution in [2.24, 2.45) is 0 Å². The van der Waals surface area contributed by atoms with Crippen LogP contribution in [-0.2, 0) is 22.7 Å². The number of piperidine rings is 2. The number of nitriles is 1. The van der Waals surface area contributed by atoms with Crippen molar-refractivity contribution in [3.63, 3.8) is 0 Å². The lowest BCUT2D eigenvalue weighted by molar-refractivity contribution is -0.136. The Morgan fingerprint density at radius 2 is 1.88 bits per heavy atom. The second-order valence-corrected chi connectivity index (χ2v) is 12.0. The number of carbonyl (C=O) groups excluding carboxylic acids is 3. The number of amides is 3. The zero-order valence-corrected chi connectivity index (χ0v) is 23.8. The smallest absolute Gasteiger partial charge is 0.255 e. The van der Waals surface area contributed by atoms with Crippen LogP contribution in [0.15, 0.2) is 53.7 Å². The first-order chi connectivity index (χ1) is 20.8. The molecule has 0 saturated carbocycles. The highest BCUT2D eigenvalue weighted by Gasteiger charge is 2.40. The van der Waals surface area contributed by atoms with Crippen LogP contribution in [0.5, 0.6) is 5.75 Å². The predicted molar refractivity (Wildman–Crippen MR) is 153 cm³/mol. The van der Waals surface area contributed by atoms with Crippen molar-refractivity contribution < 1.29 is 27.9 Å². The molecule has 2 fully saturated rings. The van der Waals surface area contributed by atoms with Crippen LogP contribution in [-0.4, -0.2) is 52.0 Å². The highest BCUT2D eigenvalue weighted by Crippen LogP contribution is 2.36. The number of ether oxygens (including phenoxy) is 1. The normalized spacial score (nSPS) is 18.8. The van der Waals surface area contributed by atoms with E-state index in [1.165, 1.54) is 17.0 Å². The Morgan fingerprint density at radius 3 is 2.58 bits per heavy atom. The first-order valence-electron chi connectivity index (χ1n) is 13.9. The molecule has 9 nitrogen and oxygen atoms in total. The van der Waals surface area contributed by atoms with Crippen molar-refractivity contribution in [3.05, 3.63) is 82.5 Å². The minimum atomic E-state index is -0.799. The van der Waals surface area contributed by atoms with Gasteiger partial charge in [0.05, 0.1) is 34.5 Å². The summed E-state index contributed by atoms with van der Waals surface area (Å²) in [4.78, 5) is 44.8. The number of rotatable bonds is 7. The number of hydrogen-bond donors (Lipinski definition) is 1. The van der Waals surface area contributed by atoms with Crippen LogP contribution in [0.25, 0.3) is 0 Å². The second-order valence-electron chi connectivity index (χ2n) is 10.7. The van der Waals surface area contributed by atoms with Gasteiger partial charge in [-0.2, -0.15) is 5.26 Å². The molecule has 0 aliphatic carbocycles. The number of thioether (sulfide) groups is 1. The van der Waals surface area contributed by atoms with Gasteiger partial charge in [-0.05, 0) is 49.6 Å². The minimum Gasteiger partial charge on any atom is -0.488 e. The standard InChI is InChI=1S/C31H27F2N5O4S/c32-20-12-22-23(16-38(31(22)41)26-4-5-28(39)36-30(26)40)27(13-20)42-17-19-2-6-29(35-15-19)43-21-7-9-37(10-8-21)25-3-1-18(14-34)11-24(25)33/h1-3,6,11-13,15,21,26H,4-5,7-10,16-17H2,(H,36,39,40)/t26-/m0/s1. The summed E-state index contributed by atoms with van der Waals surface area (Å²) >= 11 is 1.67. The number of nitrogens with one attached hydrogen (secondary N) is 1. The fraction of sp³-hybridized carbons (Fsp3) is 0.323. The lowest BCUT2D eigenvalue weighted by Crippen LogP contribution is -2.52. The van der Waals surface area contributed by atoms with E-state index < -0.39 is 23.7 Å². The first kappa shape index (κ1) is 28.6. The molecule has 1 atom stereocenters. The van der Waals surface area contributed by atoms with Gasteiger partial charge >= 0.3 is 0 Å². The number of pyridine rings is 1. The molecule has 0 radical (unpaired) electrons. The molecule has 2 aromatic carbocycles. The van der Waals surface area contributed by atoms with Gasteiger partial charge < -0.3 is 14.5 Å². The SMILES string of the molecule is N#Cc1ccc(N2CCC(Sc3ccc(COc4cc(F)cc5c4CN([C@H]4CCC(=O)NC4=O)C5=O)cn3)CC2)c(F)c1. The fourth-order valence-corrected chi connectivity index (χ4v) is 6.72. The van der Waals surface area contributed by atoms with E-state index >= 15 is 0 Å². The molecular formula is C31H27F2N5O4S. The molecule has 0 bridgehead atoms. The summed E-state index contributed by atoms with van der Waals surface area (Å²) in [7, 11) is 0. The van der Waals surface area contributed by atoms with E-state index in [2.05, 4.69) is 10.3 Å². The van der Waals surface area contributed by atoms with E-state index in [1.54, 1.807) is 30.1 Å². The lowest BCUT2D eigenvalue weighted by Gasteiger charge is -2.33. The fourth-order valence-electron chi connectivity index (χ4n) is 5.67. The van der Waals surface area contributed by atoms with Crippen molar-refractivity contribution >= 4 is 35.2 Å². The Bertz CT molecular complexity index is 1640. The van der Waals surface area contributed by atoms with Gasteiger partial charge in [0.25, 0.3) is 5.91 Å². The molecule has 1 N–H and O–H groups in total. The summed E-state index contributed by atoms with van der Waals surface area (Å²) in [5.74, 6) is -2.15. The molecule has 3 aromatic rings. The molecule has 0 unspecified atom stereocenters. The van der Waals surface area contributed by atoms with E-state index in [4.69, 9.17) is 10.00 Å². The number of benzene rings is 2. The Morgan fingerprint density at radius 1 is 1.07 bits per heavy atom. The molecule has 12 heteroatoms. The van der Waals surface area contributed by atoms with Gasteiger partial charge in [-0.3, -0.25) is 19.7 Å². The third kappa shape index (κ3) is 6.03. The molecule has 3 amide bonds. The topological polar surface area (TPSA) is 116 Å². The van der Waals surface area contributed by atoms with E-state index in [0.717, 1.165) is 29.5 Å². The van der Waals surface area contributed by atoms with Crippen LogP contribution in [0, 0.1) is 23.0 Å². The van der Waals surface area contributed by atoms with Gasteiger partial charge in [0.2, 0.25) is 11.8 Å². The molecule has 1 aromatic heterocycles. The largest absolute Gasteiger partial charge is 0.488 e. The van der Waals surface area contributed by atoms with Crippen LogP contribution in [0.3, 0.4) is 0 Å². The molecule has 220 valence electrons. The van der Waals surface area contributed by atoms with Crippen molar-refractivity contribution in [1.82, 2.24) is 15.2 Å². The molecule has 4 heterocycles. The van der Waals surface area contributed by atoms with Crippen LogP contribution < -0.4 is 15.0 Å². The average molecular weight is 604 g/mol. The first-order valence-corrected chi connectivity index (χ1v) is 14.8. The van der Waals surface area contributed by atoms with Crippen molar-refractivity contribution in [2.75, 3.05) is 18.0 Å². The molecule has 2 saturated heterocycles. The molecule has 3 aliphatic heterocycles. The van der Waals surface area contributed by atoms with Gasteiger partial charge in [0, 0.05) is 48.2 Å². The summed E-state index contributed by atoms with van der Waals surface area (Å²) in [6.07, 6.45) is 3.76. The number of imide groups is 1. The van der Waals surface area contributed by atoms with Gasteiger partial charge in [-0.1, -0.05) is 6.07 Å². The van der Waals surface area contributed by atoms with Gasteiger partial charge in [-0.25, -0.2) is 13.8 Å². The van der Waals surface area contributed by atoms with E-state index in [-0.39, 0.29) is 49.0 Å². The zero-order valence-electron chi connectivity index (χ0n) is 23.0. The lowest BCUT2D eigenvalue weighted by atomic mass is 10.0. The monoisotopic (exact) mass is 603 g/mol. The Balaban J connectivity index is 1.04. The maximum atomic E-state index is 14.4. The van der Waals surface area contributed by atoms with Crippen molar-refractivity contribution in [2.45, 2.75) is 55.2 Å². The maximum Gasteiger partial charge on any atom is 0.255 e. The molecule has 6 rings (SSSR count). The third-order valence-electron chi connectivity index (χ3n) is 7.92. The number of halogens is 2. The summed E-state index contributed by atoms with van der Waals surface area (Å²) < 4.78 is 34.8. The Hall–Kier alpha value is -4.50. The van der Waals surface area contributed by atoms with E-state index in [9.17, 15) is 23.2 Å². The van der Waals surface area contributed by atoms with Crippen molar-refractivity contribution in [3.8, 4) is 11.8 Å². The summed E-state index contributed by atoms with van der Waals surface area (Å²) in [6, 6.07) is 11.9. The number of nitrogens with zero attached hydrogens (tertiary/aromatic N) is 4. The highest BCUT2D eigenvalue weighted by molar-refractivity contribution is 7.99. The summed E-state index contributed by atoms with van der Waals surface area (Å²) in [5, 5.41) is 12.4. The predicted octanol–water partition coefficient (Wildman–Crippen LogP) is 4.33. The van der Waals surface area contributed by atoms with E-state index in [0.29, 0.717) is 35.2 Å². The molecule has 3 aliphatic rings. The molecular weight excluding hydrogens is 576 g/mol. The van der Waals surface area contributed by atoms with Crippen LogP contribution >= 0.6 is 11.8 Å². The van der Waals surface area contributed by atoms with Crippen LogP contribution in [0.2, 0.25) is 0 Å². The maximum absolute atomic E-state index is 14.4. The molecule has 0 spiro atoms. The van der Waals surface area contributed by atoms with Crippen LogP contribution in [0.4, 0.5) is 14.5 Å². The van der Waals surface area contributed by atoms with Crippen LogP contribution in [0.1, 0.15) is 52.7 Å².